The highest BCUT2D eigenvalue weighted by atomic mass is 19.1. The molecule has 3 nitrogen and oxygen atoms in total. The molecule has 0 aliphatic carbocycles. The third-order valence-corrected chi connectivity index (χ3v) is 3.37. The van der Waals surface area contributed by atoms with Gasteiger partial charge in [0.15, 0.2) is 6.10 Å². The number of nitrogens with one attached hydrogen (secondary N) is 1. The molecule has 2 aromatic carbocycles. The highest BCUT2D eigenvalue weighted by molar-refractivity contribution is 5.94. The van der Waals surface area contributed by atoms with Gasteiger partial charge in [-0.25, -0.2) is 4.39 Å². The van der Waals surface area contributed by atoms with Crippen molar-refractivity contribution in [3.63, 3.8) is 0 Å². The number of aryl methyl sites for hydroxylation is 2. The number of amides is 1. The summed E-state index contributed by atoms with van der Waals surface area (Å²) in [5.41, 5.74) is 2.47. The predicted molar refractivity (Wildman–Crippen MR) is 85.7 cm³/mol. The van der Waals surface area contributed by atoms with Gasteiger partial charge in [-0.2, -0.15) is 0 Å². The minimum Gasteiger partial charge on any atom is -0.480 e. The summed E-state index contributed by atoms with van der Waals surface area (Å²) in [6.45, 7) is 5.78. The Bertz CT molecular complexity index is 670. The molecule has 1 atom stereocenters. The highest BCUT2D eigenvalue weighted by Gasteiger charge is 2.19. The normalized spacial score (nSPS) is 11.8. The van der Waals surface area contributed by atoms with Crippen LogP contribution in [0.3, 0.4) is 0 Å². The molecule has 0 radical (unpaired) electrons. The molecule has 22 heavy (non-hydrogen) atoms. The number of anilines is 1. The highest BCUT2D eigenvalue weighted by Crippen LogP contribution is 2.22. The van der Waals surface area contributed by atoms with E-state index in [2.05, 4.69) is 5.32 Å². The number of benzene rings is 2. The third kappa shape index (κ3) is 4.07. The summed E-state index contributed by atoms with van der Waals surface area (Å²) in [5, 5.41) is 2.68. The number of hydrogen-bond donors (Lipinski definition) is 1. The lowest BCUT2D eigenvalue weighted by atomic mass is 10.1. The first-order valence-corrected chi connectivity index (χ1v) is 7.30. The number of ether oxygens (including phenoxy) is 1. The fourth-order valence-corrected chi connectivity index (χ4v) is 2.10. The molecule has 2 aromatic rings. The van der Waals surface area contributed by atoms with Gasteiger partial charge in [0.1, 0.15) is 11.6 Å². The van der Waals surface area contributed by atoms with Crippen molar-refractivity contribution in [3.8, 4) is 5.75 Å². The number of hydrogen-bond acceptors (Lipinski definition) is 2. The summed E-state index contributed by atoms with van der Waals surface area (Å²) in [6.07, 6.45) is -0.0992. The smallest absolute Gasteiger partial charge is 0.265 e. The lowest BCUT2D eigenvalue weighted by Crippen LogP contribution is -2.32. The Morgan fingerprint density at radius 3 is 2.68 bits per heavy atom. The second-order valence-electron chi connectivity index (χ2n) is 5.28. The second kappa shape index (κ2) is 7.07. The van der Waals surface area contributed by atoms with E-state index in [4.69, 9.17) is 4.74 Å². The Labute approximate surface area is 130 Å². The van der Waals surface area contributed by atoms with Gasteiger partial charge in [0.2, 0.25) is 0 Å². The van der Waals surface area contributed by atoms with Crippen molar-refractivity contribution in [1.29, 1.82) is 0 Å². The number of halogens is 1. The fourth-order valence-electron chi connectivity index (χ4n) is 2.10. The summed E-state index contributed by atoms with van der Waals surface area (Å²) in [7, 11) is 0. The van der Waals surface area contributed by atoms with Crippen LogP contribution in [0.4, 0.5) is 10.1 Å². The van der Waals surface area contributed by atoms with Crippen LogP contribution in [-0.4, -0.2) is 12.0 Å². The molecule has 0 spiro atoms. The lowest BCUT2D eigenvalue weighted by Gasteiger charge is -2.19. The average molecular weight is 301 g/mol. The molecule has 2 rings (SSSR count). The van der Waals surface area contributed by atoms with Crippen LogP contribution in [-0.2, 0) is 4.79 Å². The van der Waals surface area contributed by atoms with Crippen molar-refractivity contribution < 1.29 is 13.9 Å². The maximum atomic E-state index is 13.2. The molecule has 1 amide bonds. The van der Waals surface area contributed by atoms with Crippen LogP contribution in [0.1, 0.15) is 24.5 Å². The Balaban J connectivity index is 2.10. The molecule has 0 unspecified atom stereocenters. The van der Waals surface area contributed by atoms with E-state index in [1.165, 1.54) is 12.1 Å². The van der Waals surface area contributed by atoms with Crippen molar-refractivity contribution >= 4 is 11.6 Å². The van der Waals surface area contributed by atoms with Gasteiger partial charge in [-0.05, 0) is 55.7 Å². The van der Waals surface area contributed by atoms with Crippen LogP contribution in [0.15, 0.2) is 42.5 Å². The quantitative estimate of drug-likeness (QED) is 0.897. The standard InChI is InChI=1S/C18H20FNO2/c1-4-16(22-17-10-12(2)8-9-13(17)3)18(21)20-15-7-5-6-14(19)11-15/h5-11,16H,4H2,1-3H3,(H,20,21)/t16-/m1/s1. The molecule has 0 aliphatic heterocycles. The molecule has 0 aliphatic rings. The number of rotatable bonds is 5. The molecule has 0 saturated heterocycles. The minimum absolute atomic E-state index is 0.283. The molecular weight excluding hydrogens is 281 g/mol. The summed E-state index contributed by atoms with van der Waals surface area (Å²) in [4.78, 5) is 12.3. The van der Waals surface area contributed by atoms with Crippen molar-refractivity contribution in [2.24, 2.45) is 0 Å². The van der Waals surface area contributed by atoms with E-state index in [9.17, 15) is 9.18 Å². The van der Waals surface area contributed by atoms with E-state index in [0.717, 1.165) is 11.1 Å². The predicted octanol–water partition coefficient (Wildman–Crippen LogP) is 4.24. The van der Waals surface area contributed by atoms with Gasteiger partial charge < -0.3 is 10.1 Å². The van der Waals surface area contributed by atoms with Crippen LogP contribution in [0.25, 0.3) is 0 Å². The maximum Gasteiger partial charge on any atom is 0.265 e. The van der Waals surface area contributed by atoms with Gasteiger partial charge in [-0.1, -0.05) is 25.1 Å². The molecule has 116 valence electrons. The molecule has 0 bridgehead atoms. The van der Waals surface area contributed by atoms with Gasteiger partial charge >= 0.3 is 0 Å². The van der Waals surface area contributed by atoms with Crippen LogP contribution in [0.2, 0.25) is 0 Å². The van der Waals surface area contributed by atoms with E-state index in [-0.39, 0.29) is 11.7 Å². The Morgan fingerprint density at radius 1 is 1.23 bits per heavy atom. The SMILES string of the molecule is CC[C@@H](Oc1cc(C)ccc1C)C(=O)Nc1cccc(F)c1. The molecule has 4 heteroatoms. The Kier molecular flexibility index (Phi) is 5.15. The summed E-state index contributed by atoms with van der Waals surface area (Å²) in [5.74, 6) is 0.0246. The summed E-state index contributed by atoms with van der Waals surface area (Å²) in [6, 6.07) is 11.7. The van der Waals surface area contributed by atoms with E-state index < -0.39 is 6.10 Å². The Hall–Kier alpha value is -2.36. The van der Waals surface area contributed by atoms with E-state index in [1.807, 2.05) is 39.0 Å². The zero-order chi connectivity index (χ0) is 16.1. The van der Waals surface area contributed by atoms with Crippen molar-refractivity contribution in [2.45, 2.75) is 33.3 Å². The fraction of sp³-hybridized carbons (Fsp3) is 0.278. The minimum atomic E-state index is -0.622. The van der Waals surface area contributed by atoms with Crippen LogP contribution in [0.5, 0.6) is 5.75 Å². The van der Waals surface area contributed by atoms with Gasteiger partial charge in [0.25, 0.3) is 5.91 Å². The van der Waals surface area contributed by atoms with E-state index in [0.29, 0.717) is 17.9 Å². The summed E-state index contributed by atoms with van der Waals surface area (Å²) < 4.78 is 19.0. The zero-order valence-electron chi connectivity index (χ0n) is 13.0. The number of carbonyl (C=O) groups excluding carboxylic acids is 1. The molecule has 0 saturated carbocycles. The van der Waals surface area contributed by atoms with Crippen molar-refractivity contribution in [2.75, 3.05) is 5.32 Å². The molecule has 0 heterocycles. The first-order chi connectivity index (χ1) is 10.5. The average Bonchev–Trinajstić information content (AvgIpc) is 2.48. The van der Waals surface area contributed by atoms with Gasteiger partial charge in [-0.3, -0.25) is 4.79 Å². The first kappa shape index (κ1) is 16.0. The Morgan fingerprint density at radius 2 is 2.00 bits per heavy atom. The van der Waals surface area contributed by atoms with Crippen LogP contribution < -0.4 is 10.1 Å². The van der Waals surface area contributed by atoms with E-state index in [1.54, 1.807) is 12.1 Å². The van der Waals surface area contributed by atoms with E-state index >= 15 is 0 Å². The topological polar surface area (TPSA) is 38.3 Å². The second-order valence-corrected chi connectivity index (χ2v) is 5.28. The summed E-state index contributed by atoms with van der Waals surface area (Å²) >= 11 is 0. The van der Waals surface area contributed by atoms with Gasteiger partial charge in [-0.15, -0.1) is 0 Å². The van der Waals surface area contributed by atoms with Crippen molar-refractivity contribution in [1.82, 2.24) is 0 Å². The molecule has 1 N–H and O–H groups in total. The largest absolute Gasteiger partial charge is 0.480 e. The monoisotopic (exact) mass is 301 g/mol. The maximum absolute atomic E-state index is 13.2. The lowest BCUT2D eigenvalue weighted by molar-refractivity contribution is -0.122. The molecule has 0 aromatic heterocycles. The molecular formula is C18H20FNO2. The van der Waals surface area contributed by atoms with Gasteiger partial charge in [0, 0.05) is 5.69 Å². The molecule has 0 fully saturated rings. The van der Waals surface area contributed by atoms with Crippen LogP contribution in [0, 0.1) is 19.7 Å². The van der Waals surface area contributed by atoms with Crippen molar-refractivity contribution in [3.05, 3.63) is 59.4 Å². The third-order valence-electron chi connectivity index (χ3n) is 3.37. The zero-order valence-corrected chi connectivity index (χ0v) is 13.0. The first-order valence-electron chi connectivity index (χ1n) is 7.30. The van der Waals surface area contributed by atoms with Crippen LogP contribution >= 0.6 is 0 Å². The number of carbonyl (C=O) groups is 1. The van der Waals surface area contributed by atoms with Gasteiger partial charge in [0.05, 0.1) is 0 Å².